The maximum atomic E-state index is 12.9. The van der Waals surface area contributed by atoms with Crippen molar-refractivity contribution in [1.82, 2.24) is 9.88 Å². The van der Waals surface area contributed by atoms with E-state index < -0.39 is 5.54 Å². The summed E-state index contributed by atoms with van der Waals surface area (Å²) in [5.74, 6) is -0.0826. The number of hydrogen-bond acceptors (Lipinski definition) is 1. The molecule has 3 nitrogen and oxygen atoms in total. The van der Waals surface area contributed by atoms with Gasteiger partial charge in [-0.15, -0.1) is 0 Å². The average molecular weight is 318 g/mol. The van der Waals surface area contributed by atoms with Crippen LogP contribution in [0.2, 0.25) is 0 Å². The molecule has 3 rings (SSSR count). The number of aromatic nitrogens is 1. The first kappa shape index (κ1) is 16.1. The van der Waals surface area contributed by atoms with Gasteiger partial charge in [0, 0.05) is 12.7 Å². The molecule has 3 heteroatoms. The fourth-order valence-electron chi connectivity index (χ4n) is 2.99. The second kappa shape index (κ2) is 6.36. The lowest BCUT2D eigenvalue weighted by Crippen LogP contribution is -2.45. The van der Waals surface area contributed by atoms with Gasteiger partial charge >= 0.3 is 0 Å². The van der Waals surface area contributed by atoms with Crippen LogP contribution in [0.15, 0.2) is 72.8 Å². The largest absolute Gasteiger partial charge is 0.344 e. The van der Waals surface area contributed by atoms with Crippen LogP contribution in [0.25, 0.3) is 0 Å². The smallest absolute Gasteiger partial charge is 0.268 e. The van der Waals surface area contributed by atoms with Crippen molar-refractivity contribution >= 4 is 5.91 Å². The zero-order valence-corrected chi connectivity index (χ0v) is 14.3. The first-order valence-corrected chi connectivity index (χ1v) is 8.08. The Labute approximate surface area is 143 Å². The summed E-state index contributed by atoms with van der Waals surface area (Å²) in [6, 6.07) is 23.9. The molecule has 0 spiro atoms. The highest BCUT2D eigenvalue weighted by Crippen LogP contribution is 2.29. The third-order valence-electron chi connectivity index (χ3n) is 4.67. The highest BCUT2D eigenvalue weighted by atomic mass is 16.2. The Morgan fingerprint density at radius 3 is 1.79 bits per heavy atom. The minimum Gasteiger partial charge on any atom is -0.344 e. The van der Waals surface area contributed by atoms with E-state index in [1.165, 1.54) is 0 Å². The molecule has 0 unspecified atom stereocenters. The predicted octanol–water partition coefficient (Wildman–Crippen LogP) is 4.03. The van der Waals surface area contributed by atoms with Crippen molar-refractivity contribution in [2.75, 3.05) is 0 Å². The Morgan fingerprint density at radius 1 is 0.875 bits per heavy atom. The highest BCUT2D eigenvalue weighted by molar-refractivity contribution is 5.93. The Balaban J connectivity index is 2.03. The summed E-state index contributed by atoms with van der Waals surface area (Å²) in [6.07, 6.45) is 0. The van der Waals surface area contributed by atoms with Crippen LogP contribution in [-0.2, 0) is 12.6 Å². The van der Waals surface area contributed by atoms with Crippen LogP contribution in [0.5, 0.6) is 0 Å². The fraction of sp³-hybridized carbons (Fsp3) is 0.190. The standard InChI is InChI=1S/C21H22N2O/c1-16-14-15-19(23(16)3)20(24)22-21(2,17-10-6-4-7-11-17)18-12-8-5-9-13-18/h4-15H,1-3H3,(H,22,24). The molecule has 2 aromatic carbocycles. The van der Waals surface area contributed by atoms with E-state index in [9.17, 15) is 4.79 Å². The van der Waals surface area contributed by atoms with Crippen molar-refractivity contribution in [3.63, 3.8) is 0 Å². The number of carbonyl (C=O) groups is 1. The quantitative estimate of drug-likeness (QED) is 0.774. The number of nitrogens with one attached hydrogen (secondary N) is 1. The van der Waals surface area contributed by atoms with Gasteiger partial charge in [-0.1, -0.05) is 60.7 Å². The Kier molecular flexibility index (Phi) is 4.26. The van der Waals surface area contributed by atoms with Crippen LogP contribution in [0.3, 0.4) is 0 Å². The normalized spacial score (nSPS) is 11.3. The third-order valence-corrected chi connectivity index (χ3v) is 4.67. The van der Waals surface area contributed by atoms with E-state index in [0.29, 0.717) is 5.69 Å². The molecule has 1 aromatic heterocycles. The van der Waals surface area contributed by atoms with Gasteiger partial charge in [0.2, 0.25) is 0 Å². The number of aryl methyl sites for hydroxylation is 1. The van der Waals surface area contributed by atoms with Crippen molar-refractivity contribution in [3.05, 3.63) is 95.3 Å². The summed E-state index contributed by atoms with van der Waals surface area (Å²) < 4.78 is 1.91. The first-order valence-electron chi connectivity index (χ1n) is 8.08. The lowest BCUT2D eigenvalue weighted by molar-refractivity contribution is 0.0910. The molecule has 0 saturated heterocycles. The van der Waals surface area contributed by atoms with Gasteiger partial charge in [0.05, 0.1) is 5.54 Å². The number of carbonyl (C=O) groups excluding carboxylic acids is 1. The van der Waals surface area contributed by atoms with Crippen LogP contribution < -0.4 is 5.32 Å². The minimum atomic E-state index is -0.599. The van der Waals surface area contributed by atoms with E-state index in [-0.39, 0.29) is 5.91 Å². The van der Waals surface area contributed by atoms with Gasteiger partial charge in [0.25, 0.3) is 5.91 Å². The number of nitrogens with zero attached hydrogens (tertiary/aromatic N) is 1. The lowest BCUT2D eigenvalue weighted by Gasteiger charge is -2.32. The highest BCUT2D eigenvalue weighted by Gasteiger charge is 2.31. The molecule has 0 radical (unpaired) electrons. The zero-order chi connectivity index (χ0) is 17.2. The van der Waals surface area contributed by atoms with Gasteiger partial charge in [-0.05, 0) is 37.1 Å². The number of benzene rings is 2. The minimum absolute atomic E-state index is 0.0826. The van der Waals surface area contributed by atoms with Crippen LogP contribution >= 0.6 is 0 Å². The van der Waals surface area contributed by atoms with E-state index in [1.54, 1.807) is 0 Å². The van der Waals surface area contributed by atoms with Crippen molar-refractivity contribution < 1.29 is 4.79 Å². The molecular formula is C21H22N2O. The second-order valence-electron chi connectivity index (χ2n) is 6.23. The topological polar surface area (TPSA) is 34.0 Å². The number of amides is 1. The van der Waals surface area contributed by atoms with Gasteiger partial charge in [-0.2, -0.15) is 0 Å². The van der Waals surface area contributed by atoms with Gasteiger partial charge < -0.3 is 9.88 Å². The van der Waals surface area contributed by atoms with Gasteiger partial charge in [-0.3, -0.25) is 4.79 Å². The number of hydrogen-bond donors (Lipinski definition) is 1. The summed E-state index contributed by atoms with van der Waals surface area (Å²) in [5.41, 5.74) is 3.22. The predicted molar refractivity (Wildman–Crippen MR) is 97.0 cm³/mol. The summed E-state index contributed by atoms with van der Waals surface area (Å²) in [4.78, 5) is 12.9. The molecule has 0 aliphatic heterocycles. The van der Waals surface area contributed by atoms with Crippen LogP contribution in [-0.4, -0.2) is 10.5 Å². The Bertz CT molecular complexity index is 795. The fourth-order valence-corrected chi connectivity index (χ4v) is 2.99. The maximum absolute atomic E-state index is 12.9. The molecule has 0 fully saturated rings. The Morgan fingerprint density at radius 2 is 1.38 bits per heavy atom. The van der Waals surface area contributed by atoms with E-state index >= 15 is 0 Å². The van der Waals surface area contributed by atoms with Gasteiger partial charge in [0.15, 0.2) is 0 Å². The van der Waals surface area contributed by atoms with Crippen molar-refractivity contribution in [3.8, 4) is 0 Å². The maximum Gasteiger partial charge on any atom is 0.268 e. The molecule has 1 N–H and O–H groups in total. The number of rotatable bonds is 4. The summed E-state index contributed by atoms with van der Waals surface area (Å²) in [6.45, 7) is 4.04. The average Bonchev–Trinajstić information content (AvgIpc) is 2.95. The summed E-state index contributed by atoms with van der Waals surface area (Å²) in [7, 11) is 1.91. The first-order chi connectivity index (χ1) is 11.5. The molecule has 0 aliphatic rings. The monoisotopic (exact) mass is 318 g/mol. The van der Waals surface area contributed by atoms with Crippen LogP contribution in [0, 0.1) is 6.92 Å². The van der Waals surface area contributed by atoms with E-state index in [4.69, 9.17) is 0 Å². The molecule has 0 atom stereocenters. The molecule has 0 saturated carbocycles. The third kappa shape index (κ3) is 2.85. The molecule has 1 amide bonds. The zero-order valence-electron chi connectivity index (χ0n) is 14.3. The molecule has 1 heterocycles. The van der Waals surface area contributed by atoms with Crippen molar-refractivity contribution in [1.29, 1.82) is 0 Å². The molecule has 24 heavy (non-hydrogen) atoms. The van der Waals surface area contributed by atoms with E-state index in [1.807, 2.05) is 98.3 Å². The lowest BCUT2D eigenvalue weighted by atomic mass is 9.84. The van der Waals surface area contributed by atoms with Gasteiger partial charge in [0.1, 0.15) is 5.69 Å². The van der Waals surface area contributed by atoms with Crippen molar-refractivity contribution in [2.45, 2.75) is 19.4 Å². The van der Waals surface area contributed by atoms with Gasteiger partial charge in [-0.25, -0.2) is 0 Å². The van der Waals surface area contributed by atoms with Crippen LogP contribution in [0.1, 0.15) is 34.2 Å². The van der Waals surface area contributed by atoms with Crippen molar-refractivity contribution in [2.24, 2.45) is 7.05 Å². The van der Waals surface area contributed by atoms with E-state index in [2.05, 4.69) is 5.32 Å². The molecule has 0 aliphatic carbocycles. The second-order valence-corrected chi connectivity index (χ2v) is 6.23. The molecule has 3 aromatic rings. The Hall–Kier alpha value is -2.81. The molecule has 0 bridgehead atoms. The molecule has 122 valence electrons. The summed E-state index contributed by atoms with van der Waals surface area (Å²) in [5, 5.41) is 3.24. The summed E-state index contributed by atoms with van der Waals surface area (Å²) >= 11 is 0. The van der Waals surface area contributed by atoms with Crippen LogP contribution in [0.4, 0.5) is 0 Å². The SMILES string of the molecule is Cc1ccc(C(=O)NC(C)(c2ccccc2)c2ccccc2)n1C. The van der Waals surface area contributed by atoms with E-state index in [0.717, 1.165) is 16.8 Å². The molecular weight excluding hydrogens is 296 g/mol.